The molecule has 1 fully saturated rings. The van der Waals surface area contributed by atoms with Gasteiger partial charge in [0, 0.05) is 33.2 Å². The first-order valence-electron chi connectivity index (χ1n) is 6.83. The number of nitrogens with zero attached hydrogens (tertiary/aromatic N) is 2. The molecule has 0 saturated carbocycles. The highest BCUT2D eigenvalue weighted by Gasteiger charge is 2.20. The third kappa shape index (κ3) is 3.38. The van der Waals surface area contributed by atoms with Crippen LogP contribution in [-0.4, -0.2) is 57.9 Å². The summed E-state index contributed by atoms with van der Waals surface area (Å²) in [5, 5.41) is 3.35. The molecule has 1 aliphatic rings. The van der Waals surface area contributed by atoms with Crippen LogP contribution in [0.5, 0.6) is 0 Å². The van der Waals surface area contributed by atoms with Crippen LogP contribution in [0, 0.1) is 0 Å². The SMILES string of the molecule is CN(Cc1cccc(S(=O)(=O)N(C)C)c1)C1CCNC1. The first kappa shape index (κ1) is 15.4. The summed E-state index contributed by atoms with van der Waals surface area (Å²) >= 11 is 0. The number of nitrogens with one attached hydrogen (secondary N) is 1. The van der Waals surface area contributed by atoms with Gasteiger partial charge < -0.3 is 5.32 Å². The number of likely N-dealkylation sites (N-methyl/N-ethyl adjacent to an activating group) is 1. The first-order valence-corrected chi connectivity index (χ1v) is 8.27. The lowest BCUT2D eigenvalue weighted by Gasteiger charge is -2.23. The van der Waals surface area contributed by atoms with Gasteiger partial charge in [-0.15, -0.1) is 0 Å². The number of rotatable bonds is 5. The van der Waals surface area contributed by atoms with E-state index in [0.717, 1.165) is 31.6 Å². The smallest absolute Gasteiger partial charge is 0.242 e. The predicted octanol–water partition coefficient (Wildman–Crippen LogP) is 0.731. The molecular formula is C14H23N3O2S. The number of hydrogen-bond donors (Lipinski definition) is 1. The molecule has 6 heteroatoms. The summed E-state index contributed by atoms with van der Waals surface area (Å²) in [6.07, 6.45) is 1.15. The zero-order valence-electron chi connectivity index (χ0n) is 12.3. The molecule has 1 unspecified atom stereocenters. The molecule has 0 aromatic heterocycles. The van der Waals surface area contributed by atoms with Gasteiger partial charge in [0.1, 0.15) is 0 Å². The van der Waals surface area contributed by atoms with Crippen molar-refractivity contribution in [1.82, 2.24) is 14.5 Å². The van der Waals surface area contributed by atoms with Crippen LogP contribution in [0.3, 0.4) is 0 Å². The first-order chi connectivity index (χ1) is 9.41. The van der Waals surface area contributed by atoms with Gasteiger partial charge in [-0.05, 0) is 37.7 Å². The van der Waals surface area contributed by atoms with Crippen molar-refractivity contribution in [3.63, 3.8) is 0 Å². The number of sulfonamides is 1. The van der Waals surface area contributed by atoms with Crippen molar-refractivity contribution in [1.29, 1.82) is 0 Å². The largest absolute Gasteiger partial charge is 0.315 e. The molecule has 0 amide bonds. The van der Waals surface area contributed by atoms with Gasteiger partial charge in [-0.3, -0.25) is 4.90 Å². The summed E-state index contributed by atoms with van der Waals surface area (Å²) in [5.41, 5.74) is 1.03. The van der Waals surface area contributed by atoms with E-state index < -0.39 is 10.0 Å². The second kappa shape index (κ2) is 6.22. The van der Waals surface area contributed by atoms with E-state index in [1.807, 2.05) is 12.1 Å². The van der Waals surface area contributed by atoms with Crippen LogP contribution in [0.1, 0.15) is 12.0 Å². The summed E-state index contributed by atoms with van der Waals surface area (Å²) in [6.45, 7) is 2.83. The van der Waals surface area contributed by atoms with E-state index in [2.05, 4.69) is 17.3 Å². The lowest BCUT2D eigenvalue weighted by molar-refractivity contribution is 0.249. The quantitative estimate of drug-likeness (QED) is 0.870. The molecule has 0 bridgehead atoms. The second-order valence-electron chi connectivity index (χ2n) is 5.50. The molecule has 1 heterocycles. The highest BCUT2D eigenvalue weighted by Crippen LogP contribution is 2.17. The maximum atomic E-state index is 12.1. The molecule has 1 aliphatic heterocycles. The molecule has 1 aromatic rings. The third-order valence-corrected chi connectivity index (χ3v) is 5.58. The summed E-state index contributed by atoms with van der Waals surface area (Å²) in [5.74, 6) is 0. The maximum Gasteiger partial charge on any atom is 0.242 e. The normalized spacial score (nSPS) is 19.9. The van der Waals surface area contributed by atoms with Crippen molar-refractivity contribution < 1.29 is 8.42 Å². The maximum absolute atomic E-state index is 12.1. The Morgan fingerprint density at radius 3 is 2.65 bits per heavy atom. The van der Waals surface area contributed by atoms with E-state index in [1.165, 1.54) is 4.31 Å². The van der Waals surface area contributed by atoms with Crippen molar-refractivity contribution in [3.8, 4) is 0 Å². The average Bonchev–Trinajstić information content (AvgIpc) is 2.92. The summed E-state index contributed by atoms with van der Waals surface area (Å²) in [4.78, 5) is 2.64. The van der Waals surface area contributed by atoms with Crippen molar-refractivity contribution in [2.24, 2.45) is 0 Å². The van der Waals surface area contributed by atoms with Crippen LogP contribution in [-0.2, 0) is 16.6 Å². The van der Waals surface area contributed by atoms with Gasteiger partial charge in [0.05, 0.1) is 4.90 Å². The zero-order valence-corrected chi connectivity index (χ0v) is 13.2. The van der Waals surface area contributed by atoms with Crippen LogP contribution in [0.2, 0.25) is 0 Å². The molecule has 1 atom stereocenters. The van der Waals surface area contributed by atoms with Gasteiger partial charge >= 0.3 is 0 Å². The Kier molecular flexibility index (Phi) is 4.80. The minimum atomic E-state index is -3.35. The van der Waals surface area contributed by atoms with Crippen LogP contribution < -0.4 is 5.32 Å². The molecule has 0 aliphatic carbocycles. The van der Waals surface area contributed by atoms with Crippen molar-refractivity contribution in [2.45, 2.75) is 23.9 Å². The molecule has 0 spiro atoms. The lowest BCUT2D eigenvalue weighted by atomic mass is 10.1. The van der Waals surface area contributed by atoms with Crippen molar-refractivity contribution >= 4 is 10.0 Å². The zero-order chi connectivity index (χ0) is 14.8. The third-order valence-electron chi connectivity index (χ3n) is 3.77. The van der Waals surface area contributed by atoms with Gasteiger partial charge in [0.2, 0.25) is 10.0 Å². The Morgan fingerprint density at radius 1 is 1.30 bits per heavy atom. The average molecular weight is 297 g/mol. The highest BCUT2D eigenvalue weighted by atomic mass is 32.2. The number of hydrogen-bond acceptors (Lipinski definition) is 4. The molecule has 2 rings (SSSR count). The summed E-state index contributed by atoms with van der Waals surface area (Å²) in [6, 6.07) is 7.74. The van der Waals surface area contributed by atoms with E-state index >= 15 is 0 Å². The number of benzene rings is 1. The molecule has 0 radical (unpaired) electrons. The van der Waals surface area contributed by atoms with Gasteiger partial charge in [0.25, 0.3) is 0 Å². The summed E-state index contributed by atoms with van der Waals surface area (Å²) in [7, 11) is 1.84. The van der Waals surface area contributed by atoms with Crippen molar-refractivity contribution in [3.05, 3.63) is 29.8 Å². The van der Waals surface area contributed by atoms with E-state index in [-0.39, 0.29) is 0 Å². The Bertz CT molecular complexity index is 551. The minimum Gasteiger partial charge on any atom is -0.315 e. The molecule has 1 N–H and O–H groups in total. The van der Waals surface area contributed by atoms with E-state index in [1.54, 1.807) is 26.2 Å². The van der Waals surface area contributed by atoms with Crippen LogP contribution >= 0.6 is 0 Å². The van der Waals surface area contributed by atoms with Crippen LogP contribution in [0.4, 0.5) is 0 Å². The standard InChI is InChI=1S/C14H23N3O2S/c1-16(2)20(18,19)14-6-4-5-12(9-14)11-17(3)13-7-8-15-10-13/h4-6,9,13,15H,7-8,10-11H2,1-3H3. The molecule has 112 valence electrons. The van der Waals surface area contributed by atoms with E-state index in [4.69, 9.17) is 0 Å². The monoisotopic (exact) mass is 297 g/mol. The fourth-order valence-electron chi connectivity index (χ4n) is 2.45. The Morgan fingerprint density at radius 2 is 2.05 bits per heavy atom. The van der Waals surface area contributed by atoms with E-state index in [9.17, 15) is 8.42 Å². The topological polar surface area (TPSA) is 52.7 Å². The van der Waals surface area contributed by atoms with Gasteiger partial charge in [-0.2, -0.15) is 0 Å². The van der Waals surface area contributed by atoms with Gasteiger partial charge in [0.15, 0.2) is 0 Å². The van der Waals surface area contributed by atoms with Crippen LogP contribution in [0.25, 0.3) is 0 Å². The highest BCUT2D eigenvalue weighted by molar-refractivity contribution is 7.89. The molecule has 1 aromatic carbocycles. The fraction of sp³-hybridized carbons (Fsp3) is 0.571. The second-order valence-corrected chi connectivity index (χ2v) is 7.65. The van der Waals surface area contributed by atoms with Gasteiger partial charge in [-0.1, -0.05) is 12.1 Å². The molecule has 20 heavy (non-hydrogen) atoms. The molecule has 1 saturated heterocycles. The molecular weight excluding hydrogens is 274 g/mol. The van der Waals surface area contributed by atoms with E-state index in [0.29, 0.717) is 10.9 Å². The minimum absolute atomic E-state index is 0.359. The fourth-order valence-corrected chi connectivity index (χ4v) is 3.42. The lowest BCUT2D eigenvalue weighted by Crippen LogP contribution is -2.32. The molecule has 5 nitrogen and oxygen atoms in total. The Balaban J connectivity index is 2.14. The Hall–Kier alpha value is -0.950. The predicted molar refractivity (Wildman–Crippen MR) is 80.1 cm³/mol. The van der Waals surface area contributed by atoms with Crippen LogP contribution in [0.15, 0.2) is 29.2 Å². The van der Waals surface area contributed by atoms with Crippen molar-refractivity contribution in [2.75, 3.05) is 34.2 Å². The Labute approximate surface area is 121 Å². The van der Waals surface area contributed by atoms with Gasteiger partial charge in [-0.25, -0.2) is 12.7 Å². The summed E-state index contributed by atoms with van der Waals surface area (Å²) < 4.78 is 25.5.